The third-order valence-electron chi connectivity index (χ3n) is 3.88. The summed E-state index contributed by atoms with van der Waals surface area (Å²) in [7, 11) is 4.62. The SMILES string of the molecule is [B][C@H]1O[C@@H](COP(OCCC#N)N(C(C)C)C(C)C)C2OCOC21. The second-order valence-electron chi connectivity index (χ2n) is 6.36. The van der Waals surface area contributed by atoms with E-state index < -0.39 is 14.5 Å². The lowest BCUT2D eigenvalue weighted by Gasteiger charge is -2.36. The molecule has 0 aromatic rings. The number of hydrogen-bond donors (Lipinski definition) is 0. The Morgan fingerprint density at radius 1 is 1.21 bits per heavy atom. The van der Waals surface area contributed by atoms with Crippen LogP contribution in [0.1, 0.15) is 34.1 Å². The largest absolute Gasteiger partial charge is 0.377 e. The van der Waals surface area contributed by atoms with Crippen molar-refractivity contribution >= 4 is 16.4 Å². The molecule has 0 aromatic heterocycles. The quantitative estimate of drug-likeness (QED) is 0.355. The van der Waals surface area contributed by atoms with Crippen molar-refractivity contribution in [1.82, 2.24) is 4.67 Å². The number of nitriles is 1. The molecule has 2 aliphatic heterocycles. The van der Waals surface area contributed by atoms with Gasteiger partial charge in [0.15, 0.2) is 0 Å². The van der Waals surface area contributed by atoms with Crippen LogP contribution in [0.15, 0.2) is 0 Å². The molecule has 0 amide bonds. The molecule has 7 nitrogen and oxygen atoms in total. The van der Waals surface area contributed by atoms with Gasteiger partial charge in [-0.15, -0.1) is 0 Å². The highest BCUT2D eigenvalue weighted by Crippen LogP contribution is 2.46. The van der Waals surface area contributed by atoms with Gasteiger partial charge < -0.3 is 23.3 Å². The molecular formula is C15H26BN2O5P. The maximum Gasteiger partial charge on any atom is 0.259 e. The van der Waals surface area contributed by atoms with E-state index in [0.29, 0.717) is 19.6 Å². The second kappa shape index (κ2) is 9.44. The first-order valence-electron chi connectivity index (χ1n) is 8.31. The van der Waals surface area contributed by atoms with Crippen molar-refractivity contribution < 1.29 is 23.3 Å². The standard InChI is InChI=1S/C15H26BN2O5P/c1-10(2)18(11(3)4)24(21-7-5-6-17)22-8-12-13-14(15(16)23-12)20-9-19-13/h10-15H,5,7-9H2,1-4H3/t12-,13?,14?,15-,24?/m0/s1. The van der Waals surface area contributed by atoms with E-state index >= 15 is 0 Å². The lowest BCUT2D eigenvalue weighted by Crippen LogP contribution is -2.36. The average molecular weight is 356 g/mol. The van der Waals surface area contributed by atoms with E-state index in [1.54, 1.807) is 0 Å². The molecule has 2 radical (unpaired) electrons. The molecule has 3 unspecified atom stereocenters. The first-order valence-corrected chi connectivity index (χ1v) is 9.44. The summed E-state index contributed by atoms with van der Waals surface area (Å²) >= 11 is 0. The maximum absolute atomic E-state index is 8.73. The summed E-state index contributed by atoms with van der Waals surface area (Å²) in [5, 5.41) is 8.73. The van der Waals surface area contributed by atoms with E-state index in [1.807, 2.05) is 0 Å². The predicted molar refractivity (Wildman–Crippen MR) is 90.2 cm³/mol. The number of nitrogens with zero attached hydrogens (tertiary/aromatic N) is 2. The van der Waals surface area contributed by atoms with Crippen LogP contribution in [0, 0.1) is 11.3 Å². The molecule has 0 spiro atoms. The summed E-state index contributed by atoms with van der Waals surface area (Å²) in [6.45, 7) is 9.27. The summed E-state index contributed by atoms with van der Waals surface area (Å²) in [5.74, 6) is 0. The zero-order valence-corrected chi connectivity index (χ0v) is 15.6. The van der Waals surface area contributed by atoms with Gasteiger partial charge in [-0.25, -0.2) is 4.67 Å². The molecule has 0 aromatic carbocycles. The number of ether oxygens (including phenoxy) is 3. The Labute approximate surface area is 146 Å². The van der Waals surface area contributed by atoms with Gasteiger partial charge in [-0.05, 0) is 27.7 Å². The maximum atomic E-state index is 8.73. The third-order valence-corrected chi connectivity index (χ3v) is 5.95. The van der Waals surface area contributed by atoms with Crippen LogP contribution >= 0.6 is 8.53 Å². The Bertz CT molecular complexity index is 429. The van der Waals surface area contributed by atoms with Gasteiger partial charge in [-0.2, -0.15) is 5.26 Å². The average Bonchev–Trinajstić information content (AvgIpc) is 3.09. The monoisotopic (exact) mass is 356 g/mol. The summed E-state index contributed by atoms with van der Waals surface area (Å²) in [4.78, 5) is 0. The van der Waals surface area contributed by atoms with Gasteiger partial charge in [0.25, 0.3) is 8.53 Å². The Hall–Kier alpha value is -0.255. The molecule has 5 atom stereocenters. The van der Waals surface area contributed by atoms with Gasteiger partial charge in [0.1, 0.15) is 33.0 Å². The summed E-state index contributed by atoms with van der Waals surface area (Å²) in [6.07, 6.45) is -0.394. The molecule has 134 valence electrons. The summed E-state index contributed by atoms with van der Waals surface area (Å²) < 4.78 is 30.8. The van der Waals surface area contributed by atoms with E-state index in [-0.39, 0.29) is 37.2 Å². The highest BCUT2D eigenvalue weighted by molar-refractivity contribution is 7.44. The van der Waals surface area contributed by atoms with Crippen LogP contribution in [0.25, 0.3) is 0 Å². The van der Waals surface area contributed by atoms with Gasteiger partial charge in [0.05, 0.1) is 25.7 Å². The molecule has 2 aliphatic rings. The van der Waals surface area contributed by atoms with Crippen LogP contribution in [0.5, 0.6) is 0 Å². The fraction of sp³-hybridized carbons (Fsp3) is 0.933. The van der Waals surface area contributed by atoms with Crippen LogP contribution in [-0.2, 0) is 23.3 Å². The Morgan fingerprint density at radius 2 is 1.88 bits per heavy atom. The summed E-state index contributed by atoms with van der Waals surface area (Å²) in [5.41, 5.74) is 0. The number of hydrogen-bond acceptors (Lipinski definition) is 7. The van der Waals surface area contributed by atoms with Crippen molar-refractivity contribution in [2.24, 2.45) is 0 Å². The second-order valence-corrected chi connectivity index (χ2v) is 7.82. The molecule has 2 fully saturated rings. The van der Waals surface area contributed by atoms with Crippen LogP contribution < -0.4 is 0 Å². The van der Waals surface area contributed by atoms with Crippen LogP contribution in [0.2, 0.25) is 0 Å². The molecule has 0 N–H and O–H groups in total. The minimum Gasteiger partial charge on any atom is -0.377 e. The van der Waals surface area contributed by atoms with Crippen LogP contribution in [-0.4, -0.2) is 68.9 Å². The van der Waals surface area contributed by atoms with Crippen molar-refractivity contribution in [2.45, 2.75) is 70.5 Å². The highest BCUT2D eigenvalue weighted by atomic mass is 31.2. The van der Waals surface area contributed by atoms with Crippen LogP contribution in [0.4, 0.5) is 0 Å². The fourth-order valence-corrected chi connectivity index (χ4v) is 4.55. The summed E-state index contributed by atoms with van der Waals surface area (Å²) in [6, 6.07) is 2.10. The molecule has 2 rings (SSSR count). The van der Waals surface area contributed by atoms with Gasteiger partial charge in [-0.3, -0.25) is 0 Å². The molecular weight excluding hydrogens is 330 g/mol. The fourth-order valence-electron chi connectivity index (χ4n) is 2.93. The normalized spacial score (nSPS) is 30.9. The molecule has 2 heterocycles. The predicted octanol–water partition coefficient (Wildman–Crippen LogP) is 1.91. The molecule has 9 heteroatoms. The Morgan fingerprint density at radius 3 is 2.50 bits per heavy atom. The molecule has 0 bridgehead atoms. The zero-order chi connectivity index (χ0) is 17.7. The Kier molecular flexibility index (Phi) is 7.89. The van der Waals surface area contributed by atoms with Gasteiger partial charge in [0.2, 0.25) is 0 Å². The lowest BCUT2D eigenvalue weighted by molar-refractivity contribution is -0.0645. The minimum atomic E-state index is -1.30. The van der Waals surface area contributed by atoms with Crippen LogP contribution in [0.3, 0.4) is 0 Å². The van der Waals surface area contributed by atoms with E-state index in [2.05, 4.69) is 38.4 Å². The van der Waals surface area contributed by atoms with Gasteiger partial charge >= 0.3 is 0 Å². The van der Waals surface area contributed by atoms with Crippen molar-refractivity contribution in [2.75, 3.05) is 20.0 Å². The van der Waals surface area contributed by atoms with E-state index in [4.69, 9.17) is 36.4 Å². The molecule has 0 aliphatic carbocycles. The van der Waals surface area contributed by atoms with Crippen molar-refractivity contribution in [3.8, 4) is 6.07 Å². The number of fused-ring (bicyclic) bond motifs is 1. The van der Waals surface area contributed by atoms with E-state index in [9.17, 15) is 0 Å². The first kappa shape index (κ1) is 20.1. The highest BCUT2D eigenvalue weighted by Gasteiger charge is 2.47. The minimum absolute atomic E-state index is 0.206. The third kappa shape index (κ3) is 4.89. The molecule has 2 saturated heterocycles. The van der Waals surface area contributed by atoms with Crippen molar-refractivity contribution in [3.05, 3.63) is 0 Å². The van der Waals surface area contributed by atoms with Crippen molar-refractivity contribution in [1.29, 1.82) is 5.26 Å². The lowest BCUT2D eigenvalue weighted by atomic mass is 9.93. The van der Waals surface area contributed by atoms with Gasteiger partial charge in [0, 0.05) is 18.1 Å². The van der Waals surface area contributed by atoms with Crippen molar-refractivity contribution in [3.63, 3.8) is 0 Å². The molecule has 24 heavy (non-hydrogen) atoms. The number of rotatable bonds is 9. The van der Waals surface area contributed by atoms with E-state index in [0.717, 1.165) is 0 Å². The van der Waals surface area contributed by atoms with Gasteiger partial charge in [-0.1, -0.05) is 0 Å². The smallest absolute Gasteiger partial charge is 0.259 e. The zero-order valence-electron chi connectivity index (χ0n) is 14.8. The topological polar surface area (TPSA) is 73.2 Å². The molecule has 0 saturated carbocycles. The first-order chi connectivity index (χ1) is 11.5. The van der Waals surface area contributed by atoms with E-state index in [1.165, 1.54) is 0 Å². The Balaban J connectivity index is 1.95.